The number of anilines is 1. The van der Waals surface area contributed by atoms with E-state index in [-0.39, 0.29) is 18.8 Å². The van der Waals surface area contributed by atoms with Crippen molar-refractivity contribution in [3.8, 4) is 0 Å². The third-order valence-corrected chi connectivity index (χ3v) is 3.15. The van der Waals surface area contributed by atoms with Crippen LogP contribution in [0.4, 0.5) is 5.69 Å². The molecule has 0 saturated heterocycles. The van der Waals surface area contributed by atoms with Gasteiger partial charge in [-0.15, -0.1) is 0 Å². The van der Waals surface area contributed by atoms with Crippen LogP contribution in [0.5, 0.6) is 0 Å². The number of rotatable bonds is 7. The van der Waals surface area contributed by atoms with Crippen LogP contribution in [-0.2, 0) is 19.1 Å². The topological polar surface area (TPSA) is 55.8 Å². The highest BCUT2D eigenvalue weighted by molar-refractivity contribution is 8.00. The number of para-hydroxylation sites is 1. The van der Waals surface area contributed by atoms with Gasteiger partial charge < -0.3 is 9.47 Å². The number of carbonyl (C=O) groups is 2. The molecule has 1 rings (SSSR count). The van der Waals surface area contributed by atoms with E-state index < -0.39 is 11.9 Å². The second-order valence-corrected chi connectivity index (χ2v) is 4.59. The molecule has 0 amide bonds. The van der Waals surface area contributed by atoms with E-state index in [4.69, 9.17) is 9.47 Å². The number of benzene rings is 1. The standard InChI is InChI=1S/C15H19NO4S/c1-4-19-14(17)13(15(18)20-5-2)11-16(21-3)12-9-7-6-8-10-12/h6-11H,4-5H2,1-3H3. The van der Waals surface area contributed by atoms with E-state index in [9.17, 15) is 9.59 Å². The van der Waals surface area contributed by atoms with Crippen LogP contribution >= 0.6 is 11.9 Å². The summed E-state index contributed by atoms with van der Waals surface area (Å²) in [6.07, 6.45) is 3.29. The minimum Gasteiger partial charge on any atom is -0.462 e. The molecule has 0 atom stereocenters. The molecule has 21 heavy (non-hydrogen) atoms. The molecule has 0 aliphatic carbocycles. The molecule has 0 aromatic heterocycles. The molecule has 0 saturated carbocycles. The van der Waals surface area contributed by atoms with Gasteiger partial charge in [0.05, 0.1) is 18.9 Å². The van der Waals surface area contributed by atoms with Gasteiger partial charge in [0.25, 0.3) is 0 Å². The Kier molecular flexibility index (Phi) is 7.39. The summed E-state index contributed by atoms with van der Waals surface area (Å²) in [7, 11) is 0. The fraction of sp³-hybridized carbons (Fsp3) is 0.333. The molecule has 0 heterocycles. The number of hydrogen-bond donors (Lipinski definition) is 0. The molecular weight excluding hydrogens is 290 g/mol. The van der Waals surface area contributed by atoms with Gasteiger partial charge >= 0.3 is 11.9 Å². The molecule has 0 aliphatic heterocycles. The SMILES string of the molecule is CCOC(=O)C(=CN(SC)c1ccccc1)C(=O)OCC. The summed E-state index contributed by atoms with van der Waals surface area (Å²) in [4.78, 5) is 23.8. The van der Waals surface area contributed by atoms with Crippen LogP contribution in [0, 0.1) is 0 Å². The highest BCUT2D eigenvalue weighted by Crippen LogP contribution is 2.22. The maximum atomic E-state index is 11.9. The van der Waals surface area contributed by atoms with E-state index >= 15 is 0 Å². The van der Waals surface area contributed by atoms with Crippen LogP contribution in [0.25, 0.3) is 0 Å². The maximum Gasteiger partial charge on any atom is 0.347 e. The first kappa shape index (κ1) is 17.1. The summed E-state index contributed by atoms with van der Waals surface area (Å²) in [5.41, 5.74) is 0.716. The van der Waals surface area contributed by atoms with Crippen LogP contribution in [0.2, 0.25) is 0 Å². The normalized spacial score (nSPS) is 9.67. The molecule has 0 unspecified atom stereocenters. The largest absolute Gasteiger partial charge is 0.462 e. The second-order valence-electron chi connectivity index (χ2n) is 3.83. The van der Waals surface area contributed by atoms with Crippen LogP contribution in [0.15, 0.2) is 42.1 Å². The van der Waals surface area contributed by atoms with E-state index in [1.54, 1.807) is 18.2 Å². The monoisotopic (exact) mass is 309 g/mol. The second kappa shape index (κ2) is 9.07. The summed E-state index contributed by atoms with van der Waals surface area (Å²) in [6.45, 7) is 3.76. The smallest absolute Gasteiger partial charge is 0.347 e. The molecule has 0 N–H and O–H groups in total. The van der Waals surface area contributed by atoms with Gasteiger partial charge in [0.15, 0.2) is 5.57 Å². The predicted molar refractivity (Wildman–Crippen MR) is 83.8 cm³/mol. The lowest BCUT2D eigenvalue weighted by Gasteiger charge is -2.18. The van der Waals surface area contributed by atoms with Crippen LogP contribution in [-0.4, -0.2) is 31.4 Å². The maximum absolute atomic E-state index is 11.9. The van der Waals surface area contributed by atoms with E-state index in [0.29, 0.717) is 0 Å². The van der Waals surface area contributed by atoms with E-state index in [1.807, 2.05) is 36.6 Å². The van der Waals surface area contributed by atoms with Gasteiger partial charge in [-0.2, -0.15) is 0 Å². The molecular formula is C15H19NO4S. The lowest BCUT2D eigenvalue weighted by atomic mass is 10.2. The van der Waals surface area contributed by atoms with Crippen molar-refractivity contribution >= 4 is 29.6 Å². The van der Waals surface area contributed by atoms with Gasteiger partial charge in [-0.1, -0.05) is 18.2 Å². The Morgan fingerprint density at radius 3 is 2.05 bits per heavy atom. The number of ether oxygens (including phenoxy) is 2. The van der Waals surface area contributed by atoms with Crippen molar-refractivity contribution in [3.05, 3.63) is 42.1 Å². The molecule has 6 heteroatoms. The van der Waals surface area contributed by atoms with E-state index in [0.717, 1.165) is 5.69 Å². The molecule has 0 radical (unpaired) electrons. The Labute approximate surface area is 129 Å². The van der Waals surface area contributed by atoms with Gasteiger partial charge in [0.2, 0.25) is 0 Å². The number of nitrogens with zero attached hydrogens (tertiary/aromatic N) is 1. The summed E-state index contributed by atoms with van der Waals surface area (Å²) in [5.74, 6) is -1.38. The first-order valence-corrected chi connectivity index (χ1v) is 7.76. The average Bonchev–Trinajstić information content (AvgIpc) is 2.49. The average molecular weight is 309 g/mol. The lowest BCUT2D eigenvalue weighted by molar-refractivity contribution is -0.146. The van der Waals surface area contributed by atoms with Gasteiger partial charge in [-0.3, -0.25) is 4.31 Å². The third-order valence-electron chi connectivity index (χ3n) is 2.44. The molecule has 0 spiro atoms. The molecule has 0 aliphatic rings. The van der Waals surface area contributed by atoms with Gasteiger partial charge in [-0.05, 0) is 37.9 Å². The molecule has 0 bridgehead atoms. The van der Waals surface area contributed by atoms with Crippen molar-refractivity contribution in [2.45, 2.75) is 13.8 Å². The van der Waals surface area contributed by atoms with Crippen LogP contribution in [0.1, 0.15) is 13.8 Å². The zero-order valence-electron chi connectivity index (χ0n) is 12.4. The van der Waals surface area contributed by atoms with Gasteiger partial charge in [-0.25, -0.2) is 9.59 Å². The quantitative estimate of drug-likeness (QED) is 0.254. The molecule has 1 aromatic rings. The summed E-state index contributed by atoms with van der Waals surface area (Å²) in [6, 6.07) is 9.40. The highest BCUT2D eigenvalue weighted by Gasteiger charge is 2.22. The highest BCUT2D eigenvalue weighted by atomic mass is 32.2. The minimum atomic E-state index is -0.689. The van der Waals surface area contributed by atoms with Crippen LogP contribution in [0.3, 0.4) is 0 Å². The Morgan fingerprint density at radius 2 is 1.62 bits per heavy atom. The summed E-state index contributed by atoms with van der Waals surface area (Å²) >= 11 is 1.36. The fourth-order valence-electron chi connectivity index (χ4n) is 1.53. The van der Waals surface area contributed by atoms with Crippen molar-refractivity contribution in [1.82, 2.24) is 0 Å². The lowest BCUT2D eigenvalue weighted by Crippen LogP contribution is -2.21. The van der Waals surface area contributed by atoms with Crippen molar-refractivity contribution < 1.29 is 19.1 Å². The van der Waals surface area contributed by atoms with E-state index in [1.165, 1.54) is 18.1 Å². The third kappa shape index (κ3) is 5.15. The number of esters is 2. The molecule has 114 valence electrons. The van der Waals surface area contributed by atoms with E-state index in [2.05, 4.69) is 0 Å². The van der Waals surface area contributed by atoms with Crippen molar-refractivity contribution in [2.24, 2.45) is 0 Å². The zero-order chi connectivity index (χ0) is 15.7. The first-order valence-electron chi connectivity index (χ1n) is 6.58. The first-order chi connectivity index (χ1) is 10.1. The summed E-state index contributed by atoms with van der Waals surface area (Å²) in [5, 5.41) is 0. The van der Waals surface area contributed by atoms with Gasteiger partial charge in [0.1, 0.15) is 0 Å². The van der Waals surface area contributed by atoms with Gasteiger partial charge in [0, 0.05) is 12.5 Å². The zero-order valence-corrected chi connectivity index (χ0v) is 13.2. The predicted octanol–water partition coefficient (Wildman–Crippen LogP) is 2.78. The molecule has 5 nitrogen and oxygen atoms in total. The molecule has 0 fully saturated rings. The Bertz CT molecular complexity index is 482. The number of hydrogen-bond acceptors (Lipinski definition) is 6. The number of carbonyl (C=O) groups excluding carboxylic acids is 2. The Balaban J connectivity index is 3.09. The summed E-state index contributed by atoms with van der Waals surface area (Å²) < 4.78 is 11.5. The fourth-order valence-corrected chi connectivity index (χ4v) is 2.07. The minimum absolute atomic E-state index is 0.128. The van der Waals surface area contributed by atoms with Crippen LogP contribution < -0.4 is 4.31 Å². The Hall–Kier alpha value is -1.95. The van der Waals surface area contributed by atoms with Crippen molar-refractivity contribution in [1.29, 1.82) is 0 Å². The van der Waals surface area contributed by atoms with Crippen molar-refractivity contribution in [3.63, 3.8) is 0 Å². The molecule has 1 aromatic carbocycles. The van der Waals surface area contributed by atoms with Crippen molar-refractivity contribution in [2.75, 3.05) is 23.8 Å². The Morgan fingerprint density at radius 1 is 1.10 bits per heavy atom.